The van der Waals surface area contributed by atoms with Crippen molar-refractivity contribution in [2.45, 2.75) is 46.5 Å². The van der Waals surface area contributed by atoms with Gasteiger partial charge in [-0.3, -0.25) is 0 Å². The predicted octanol–water partition coefficient (Wildman–Crippen LogP) is 2.98. The first-order valence-electron chi connectivity index (χ1n) is 7.10. The van der Waals surface area contributed by atoms with E-state index >= 15 is 0 Å². The van der Waals surface area contributed by atoms with E-state index in [0.717, 1.165) is 31.3 Å². The molecule has 0 amide bonds. The van der Waals surface area contributed by atoms with E-state index in [9.17, 15) is 0 Å². The largest absolute Gasteiger partial charge is 0.396 e. The lowest BCUT2D eigenvalue weighted by molar-refractivity contribution is 0.227. The SMILES string of the molecule is CC1=CC(C)CC(CNCCCC(C)CO)C1. The van der Waals surface area contributed by atoms with Crippen LogP contribution in [0.1, 0.15) is 46.5 Å². The summed E-state index contributed by atoms with van der Waals surface area (Å²) in [6.45, 7) is 9.26. The van der Waals surface area contributed by atoms with Gasteiger partial charge in [0.25, 0.3) is 0 Å². The summed E-state index contributed by atoms with van der Waals surface area (Å²) in [5.74, 6) is 2.03. The molecule has 0 bridgehead atoms. The molecular weight excluding hydrogens is 210 g/mol. The van der Waals surface area contributed by atoms with Crippen molar-refractivity contribution >= 4 is 0 Å². The van der Waals surface area contributed by atoms with Crippen LogP contribution in [0.2, 0.25) is 0 Å². The molecular formula is C15H29NO. The number of hydrogen-bond donors (Lipinski definition) is 2. The Hall–Kier alpha value is -0.340. The van der Waals surface area contributed by atoms with Gasteiger partial charge in [-0.25, -0.2) is 0 Å². The van der Waals surface area contributed by atoms with Gasteiger partial charge in [0.2, 0.25) is 0 Å². The molecule has 100 valence electrons. The third kappa shape index (κ3) is 6.23. The normalized spacial score (nSPS) is 26.7. The summed E-state index contributed by atoms with van der Waals surface area (Å²) in [4.78, 5) is 0. The van der Waals surface area contributed by atoms with E-state index < -0.39 is 0 Å². The van der Waals surface area contributed by atoms with Gasteiger partial charge in [0.1, 0.15) is 0 Å². The van der Waals surface area contributed by atoms with Gasteiger partial charge in [-0.15, -0.1) is 0 Å². The number of hydrogen-bond acceptors (Lipinski definition) is 2. The minimum atomic E-state index is 0.324. The number of rotatable bonds is 7. The van der Waals surface area contributed by atoms with Crippen LogP contribution in [0.5, 0.6) is 0 Å². The van der Waals surface area contributed by atoms with Crippen LogP contribution in [-0.4, -0.2) is 24.8 Å². The summed E-state index contributed by atoms with van der Waals surface area (Å²) < 4.78 is 0. The Bertz CT molecular complexity index is 237. The second-order valence-corrected chi connectivity index (χ2v) is 5.93. The third-order valence-electron chi connectivity index (χ3n) is 3.68. The monoisotopic (exact) mass is 239 g/mol. The molecule has 0 saturated carbocycles. The summed E-state index contributed by atoms with van der Waals surface area (Å²) >= 11 is 0. The van der Waals surface area contributed by atoms with E-state index in [2.05, 4.69) is 32.2 Å². The van der Waals surface area contributed by atoms with Crippen LogP contribution in [-0.2, 0) is 0 Å². The molecule has 0 aliphatic heterocycles. The van der Waals surface area contributed by atoms with Crippen molar-refractivity contribution in [3.63, 3.8) is 0 Å². The van der Waals surface area contributed by atoms with Gasteiger partial charge in [0.15, 0.2) is 0 Å². The quantitative estimate of drug-likeness (QED) is 0.529. The van der Waals surface area contributed by atoms with Gasteiger partial charge in [0.05, 0.1) is 0 Å². The Morgan fingerprint density at radius 3 is 2.94 bits per heavy atom. The van der Waals surface area contributed by atoms with Crippen LogP contribution in [0.3, 0.4) is 0 Å². The predicted molar refractivity (Wildman–Crippen MR) is 74.0 cm³/mol. The lowest BCUT2D eigenvalue weighted by atomic mass is 9.84. The van der Waals surface area contributed by atoms with Crippen molar-refractivity contribution in [3.05, 3.63) is 11.6 Å². The molecule has 1 aliphatic carbocycles. The maximum absolute atomic E-state index is 8.93. The van der Waals surface area contributed by atoms with Gasteiger partial charge in [0, 0.05) is 6.61 Å². The lowest BCUT2D eigenvalue weighted by Crippen LogP contribution is -2.27. The highest BCUT2D eigenvalue weighted by Gasteiger charge is 2.17. The Kier molecular flexibility index (Phi) is 6.83. The van der Waals surface area contributed by atoms with Crippen LogP contribution in [0.25, 0.3) is 0 Å². The first kappa shape index (κ1) is 14.7. The van der Waals surface area contributed by atoms with E-state index in [1.165, 1.54) is 19.3 Å². The number of aliphatic hydroxyl groups excluding tert-OH is 1. The van der Waals surface area contributed by atoms with Crippen LogP contribution >= 0.6 is 0 Å². The average Bonchev–Trinajstić information content (AvgIpc) is 2.27. The number of nitrogens with one attached hydrogen (secondary N) is 1. The number of aliphatic hydroxyl groups is 1. The first-order valence-corrected chi connectivity index (χ1v) is 7.10. The van der Waals surface area contributed by atoms with Crippen LogP contribution in [0.15, 0.2) is 11.6 Å². The standard InChI is InChI=1S/C15H29NO/c1-12(11-17)5-4-6-16-10-15-8-13(2)7-14(3)9-15/h7,12-13,15-17H,4-6,8-11H2,1-3H3. The van der Waals surface area contributed by atoms with Crippen LogP contribution in [0.4, 0.5) is 0 Å². The van der Waals surface area contributed by atoms with E-state index in [1.54, 1.807) is 5.57 Å². The highest BCUT2D eigenvalue weighted by molar-refractivity contribution is 5.06. The molecule has 0 aromatic carbocycles. The van der Waals surface area contributed by atoms with Crippen LogP contribution in [0, 0.1) is 17.8 Å². The molecule has 3 unspecified atom stereocenters. The Balaban J connectivity index is 2.05. The Morgan fingerprint density at radius 2 is 2.29 bits per heavy atom. The zero-order valence-corrected chi connectivity index (χ0v) is 11.7. The van der Waals surface area contributed by atoms with Crippen LogP contribution < -0.4 is 5.32 Å². The van der Waals surface area contributed by atoms with E-state index in [0.29, 0.717) is 12.5 Å². The van der Waals surface area contributed by atoms with Crippen molar-refractivity contribution in [3.8, 4) is 0 Å². The van der Waals surface area contributed by atoms with E-state index in [-0.39, 0.29) is 0 Å². The first-order chi connectivity index (χ1) is 8.11. The van der Waals surface area contributed by atoms with Crippen molar-refractivity contribution < 1.29 is 5.11 Å². The third-order valence-corrected chi connectivity index (χ3v) is 3.68. The molecule has 0 radical (unpaired) electrons. The molecule has 0 aromatic rings. The summed E-state index contributed by atoms with van der Waals surface area (Å²) in [5.41, 5.74) is 1.56. The maximum Gasteiger partial charge on any atom is 0.0456 e. The highest BCUT2D eigenvalue weighted by Crippen LogP contribution is 2.27. The number of allylic oxidation sites excluding steroid dienone is 2. The second kappa shape index (κ2) is 7.88. The maximum atomic E-state index is 8.93. The topological polar surface area (TPSA) is 32.3 Å². The Labute approximate surface area is 106 Å². The smallest absolute Gasteiger partial charge is 0.0456 e. The molecule has 0 heterocycles. The fourth-order valence-electron chi connectivity index (χ4n) is 2.81. The van der Waals surface area contributed by atoms with Gasteiger partial charge < -0.3 is 10.4 Å². The van der Waals surface area contributed by atoms with E-state index in [1.807, 2.05) is 0 Å². The summed E-state index contributed by atoms with van der Waals surface area (Å²) in [5, 5.41) is 12.5. The minimum Gasteiger partial charge on any atom is -0.396 e. The molecule has 3 atom stereocenters. The zero-order valence-electron chi connectivity index (χ0n) is 11.7. The minimum absolute atomic E-state index is 0.324. The van der Waals surface area contributed by atoms with Crippen molar-refractivity contribution in [1.29, 1.82) is 0 Å². The fraction of sp³-hybridized carbons (Fsp3) is 0.867. The summed E-state index contributed by atoms with van der Waals surface area (Å²) in [6.07, 6.45) is 7.32. The zero-order chi connectivity index (χ0) is 12.7. The molecule has 2 N–H and O–H groups in total. The Morgan fingerprint density at radius 1 is 1.53 bits per heavy atom. The molecule has 1 rings (SSSR count). The van der Waals surface area contributed by atoms with E-state index in [4.69, 9.17) is 5.11 Å². The molecule has 17 heavy (non-hydrogen) atoms. The van der Waals surface area contributed by atoms with Gasteiger partial charge in [-0.1, -0.05) is 25.5 Å². The summed E-state index contributed by atoms with van der Waals surface area (Å²) in [7, 11) is 0. The van der Waals surface area contributed by atoms with Crippen molar-refractivity contribution in [2.24, 2.45) is 17.8 Å². The molecule has 2 nitrogen and oxygen atoms in total. The molecule has 0 saturated heterocycles. The highest BCUT2D eigenvalue weighted by atomic mass is 16.3. The average molecular weight is 239 g/mol. The molecule has 1 aliphatic rings. The molecule has 2 heteroatoms. The summed E-state index contributed by atoms with van der Waals surface area (Å²) in [6, 6.07) is 0. The van der Waals surface area contributed by atoms with Gasteiger partial charge in [-0.05, 0) is 63.5 Å². The molecule has 0 aromatic heterocycles. The fourth-order valence-corrected chi connectivity index (χ4v) is 2.81. The second-order valence-electron chi connectivity index (χ2n) is 5.93. The van der Waals surface area contributed by atoms with Gasteiger partial charge >= 0.3 is 0 Å². The molecule has 0 spiro atoms. The molecule has 0 fully saturated rings. The van der Waals surface area contributed by atoms with Crippen molar-refractivity contribution in [2.75, 3.05) is 19.7 Å². The lowest BCUT2D eigenvalue weighted by Gasteiger charge is -2.25. The van der Waals surface area contributed by atoms with Crippen molar-refractivity contribution in [1.82, 2.24) is 5.32 Å². The van der Waals surface area contributed by atoms with Gasteiger partial charge in [-0.2, -0.15) is 0 Å².